The smallest absolute Gasteiger partial charge is 0.220 e. The van der Waals surface area contributed by atoms with Crippen molar-refractivity contribution < 1.29 is 39.8 Å². The van der Waals surface area contributed by atoms with Crippen LogP contribution in [-0.2, 0) is 14.3 Å². The first-order valence-electron chi connectivity index (χ1n) is 28.6. The predicted molar refractivity (Wildman–Crippen MR) is 299 cm³/mol. The lowest BCUT2D eigenvalue weighted by atomic mass is 9.99. The van der Waals surface area contributed by atoms with E-state index in [0.29, 0.717) is 6.42 Å². The Balaban J connectivity index is 2.06. The first-order chi connectivity index (χ1) is 34.8. The highest BCUT2D eigenvalue weighted by atomic mass is 16.7. The van der Waals surface area contributed by atoms with Crippen LogP contribution in [0.2, 0.25) is 0 Å². The van der Waals surface area contributed by atoms with Gasteiger partial charge in [0.05, 0.1) is 25.4 Å². The van der Waals surface area contributed by atoms with Crippen LogP contribution >= 0.6 is 0 Å². The molecule has 0 aromatic heterocycles. The molecule has 1 amide bonds. The first-order valence-corrected chi connectivity index (χ1v) is 28.6. The van der Waals surface area contributed by atoms with E-state index < -0.39 is 49.5 Å². The van der Waals surface area contributed by atoms with Gasteiger partial charge in [0.1, 0.15) is 24.4 Å². The van der Waals surface area contributed by atoms with Crippen LogP contribution in [0.25, 0.3) is 0 Å². The normalized spacial score (nSPS) is 20.1. The molecule has 0 bridgehead atoms. The number of unbranched alkanes of at least 4 members (excludes halogenated alkanes) is 21. The van der Waals surface area contributed by atoms with E-state index in [4.69, 9.17) is 9.47 Å². The van der Waals surface area contributed by atoms with Gasteiger partial charge < -0.3 is 40.3 Å². The topological polar surface area (TPSA) is 149 Å². The highest BCUT2D eigenvalue weighted by molar-refractivity contribution is 5.76. The van der Waals surface area contributed by atoms with Gasteiger partial charge in [0.2, 0.25) is 5.91 Å². The quantitative estimate of drug-likeness (QED) is 0.0261. The zero-order valence-corrected chi connectivity index (χ0v) is 44.9. The Bertz CT molecular complexity index is 1480. The Labute approximate surface area is 434 Å². The van der Waals surface area contributed by atoms with Crippen LogP contribution in [0.3, 0.4) is 0 Å². The largest absolute Gasteiger partial charge is 0.394 e. The summed E-state index contributed by atoms with van der Waals surface area (Å²) < 4.78 is 11.2. The third-order valence-corrected chi connectivity index (χ3v) is 12.8. The molecule has 1 aliphatic heterocycles. The molecule has 0 spiro atoms. The number of rotatable bonds is 47. The summed E-state index contributed by atoms with van der Waals surface area (Å²) in [7, 11) is 0. The summed E-state index contributed by atoms with van der Waals surface area (Å²) in [5.41, 5.74) is 0. The van der Waals surface area contributed by atoms with Gasteiger partial charge in [-0.1, -0.05) is 232 Å². The van der Waals surface area contributed by atoms with Gasteiger partial charge in [0.15, 0.2) is 6.29 Å². The molecule has 1 heterocycles. The number of carbonyl (C=O) groups is 1. The van der Waals surface area contributed by atoms with Crippen LogP contribution < -0.4 is 5.32 Å². The van der Waals surface area contributed by atoms with E-state index in [1.165, 1.54) is 116 Å². The number of aliphatic hydroxyl groups is 5. The van der Waals surface area contributed by atoms with Crippen molar-refractivity contribution in [1.82, 2.24) is 5.32 Å². The SMILES string of the molecule is CC/C=C\C/C=C\C/C=C\C/C=C\C/C=C\C/C=C\C/C=C\CCCCCCCCCCCCCCCCCCCC(=O)NC(COC1OC(CO)C(O)C(O)C1O)C(O)/C=C/CC/C=C/CCCCC. The third kappa shape index (κ3) is 40.0. The van der Waals surface area contributed by atoms with E-state index >= 15 is 0 Å². The van der Waals surface area contributed by atoms with Gasteiger partial charge in [-0.15, -0.1) is 0 Å². The maximum atomic E-state index is 13.0. The number of nitrogens with one attached hydrogen (secondary N) is 1. The Morgan fingerprint density at radius 3 is 1.35 bits per heavy atom. The molecule has 6 N–H and O–H groups in total. The van der Waals surface area contributed by atoms with Gasteiger partial charge in [0, 0.05) is 6.42 Å². The van der Waals surface area contributed by atoms with Gasteiger partial charge >= 0.3 is 0 Å². The zero-order chi connectivity index (χ0) is 51.5. The van der Waals surface area contributed by atoms with Crippen molar-refractivity contribution in [2.75, 3.05) is 13.2 Å². The fourth-order valence-corrected chi connectivity index (χ4v) is 8.33. The molecule has 9 nitrogen and oxygen atoms in total. The molecule has 1 saturated heterocycles. The molecule has 406 valence electrons. The minimum Gasteiger partial charge on any atom is -0.394 e. The van der Waals surface area contributed by atoms with Crippen molar-refractivity contribution >= 4 is 5.91 Å². The molecule has 0 aromatic rings. The Hall–Kier alpha value is -3.15. The van der Waals surface area contributed by atoms with E-state index in [-0.39, 0.29) is 12.5 Å². The van der Waals surface area contributed by atoms with Crippen LogP contribution in [0.15, 0.2) is 109 Å². The van der Waals surface area contributed by atoms with E-state index in [1.54, 1.807) is 6.08 Å². The number of amides is 1. The number of aliphatic hydroxyl groups excluding tert-OH is 5. The summed E-state index contributed by atoms with van der Waals surface area (Å²) in [6.07, 6.45) is 67.6. The van der Waals surface area contributed by atoms with Crippen molar-refractivity contribution in [1.29, 1.82) is 0 Å². The van der Waals surface area contributed by atoms with Crippen molar-refractivity contribution in [3.63, 3.8) is 0 Å². The van der Waals surface area contributed by atoms with Crippen LogP contribution in [0, 0.1) is 0 Å². The monoisotopic (exact) mass is 992 g/mol. The van der Waals surface area contributed by atoms with Gasteiger partial charge in [-0.25, -0.2) is 0 Å². The molecule has 0 aromatic carbocycles. The van der Waals surface area contributed by atoms with Crippen LogP contribution in [0.4, 0.5) is 0 Å². The number of allylic oxidation sites excluding steroid dienone is 17. The lowest BCUT2D eigenvalue weighted by Gasteiger charge is -2.40. The molecular formula is C62H105NO8. The summed E-state index contributed by atoms with van der Waals surface area (Å²) in [5, 5.41) is 54.1. The van der Waals surface area contributed by atoms with E-state index in [2.05, 4.69) is 116 Å². The maximum absolute atomic E-state index is 13.0. The van der Waals surface area contributed by atoms with E-state index in [1.807, 2.05) is 6.08 Å². The lowest BCUT2D eigenvalue weighted by Crippen LogP contribution is -2.60. The second-order valence-electron chi connectivity index (χ2n) is 19.3. The Kier molecular flexibility index (Phi) is 46.7. The molecule has 0 aliphatic carbocycles. The van der Waals surface area contributed by atoms with Gasteiger partial charge in [-0.3, -0.25) is 4.79 Å². The second-order valence-corrected chi connectivity index (χ2v) is 19.3. The van der Waals surface area contributed by atoms with Crippen molar-refractivity contribution in [2.24, 2.45) is 0 Å². The number of hydrogen-bond donors (Lipinski definition) is 6. The molecule has 0 radical (unpaired) electrons. The van der Waals surface area contributed by atoms with Gasteiger partial charge in [0.25, 0.3) is 0 Å². The fourth-order valence-electron chi connectivity index (χ4n) is 8.33. The highest BCUT2D eigenvalue weighted by Crippen LogP contribution is 2.23. The summed E-state index contributed by atoms with van der Waals surface area (Å²) in [5.74, 6) is -0.192. The first kappa shape index (κ1) is 65.9. The summed E-state index contributed by atoms with van der Waals surface area (Å²) in [6, 6.07) is -0.824. The average Bonchev–Trinajstić information content (AvgIpc) is 3.37. The van der Waals surface area contributed by atoms with Gasteiger partial charge in [-0.2, -0.15) is 0 Å². The minimum absolute atomic E-state index is 0.192. The number of carbonyl (C=O) groups excluding carboxylic acids is 1. The zero-order valence-electron chi connectivity index (χ0n) is 44.9. The second kappa shape index (κ2) is 50.4. The molecule has 71 heavy (non-hydrogen) atoms. The third-order valence-electron chi connectivity index (χ3n) is 12.8. The molecule has 7 atom stereocenters. The lowest BCUT2D eigenvalue weighted by molar-refractivity contribution is -0.302. The van der Waals surface area contributed by atoms with Crippen molar-refractivity contribution in [2.45, 2.75) is 262 Å². The van der Waals surface area contributed by atoms with E-state index in [0.717, 1.165) is 83.5 Å². The average molecular weight is 993 g/mol. The Morgan fingerprint density at radius 1 is 0.493 bits per heavy atom. The molecule has 1 fully saturated rings. The summed E-state index contributed by atoms with van der Waals surface area (Å²) >= 11 is 0. The van der Waals surface area contributed by atoms with Gasteiger partial charge in [-0.05, 0) is 89.9 Å². The minimum atomic E-state index is -1.57. The Morgan fingerprint density at radius 2 is 0.887 bits per heavy atom. The number of ether oxygens (including phenoxy) is 2. The predicted octanol–water partition coefficient (Wildman–Crippen LogP) is 14.2. The molecule has 1 rings (SSSR count). The molecule has 7 unspecified atom stereocenters. The number of hydrogen-bond acceptors (Lipinski definition) is 8. The standard InChI is InChI=1S/C62H105NO8/c1-3-5-7-9-11-13-14-15-16-17-18-19-20-21-22-23-24-25-26-27-28-29-30-31-32-33-34-35-36-37-38-39-40-41-42-44-46-48-50-52-58(66)63-55(56(65)51-49-47-45-43-12-10-8-6-4-2)54-70-62-61(69)60(68)59(67)57(53-64)71-62/h5,7,11-13,15-16,18-19,21-22,24-25,27-28,43,49,51,55-57,59-62,64-65,67-69H,3-4,6,8-10,14,17,20,23,26,29-42,44-48,50,52-54H2,1-2H3,(H,63,66)/b7-5-,13-11-,16-15-,19-18-,22-21-,25-24-,28-27-,43-12+,51-49+. The fraction of sp³-hybridized carbons (Fsp3) is 0.694. The van der Waals surface area contributed by atoms with Crippen molar-refractivity contribution in [3.05, 3.63) is 109 Å². The summed E-state index contributed by atoms with van der Waals surface area (Å²) in [6.45, 7) is 3.58. The van der Waals surface area contributed by atoms with Crippen LogP contribution in [0.5, 0.6) is 0 Å². The van der Waals surface area contributed by atoms with Crippen molar-refractivity contribution in [3.8, 4) is 0 Å². The maximum Gasteiger partial charge on any atom is 0.220 e. The highest BCUT2D eigenvalue weighted by Gasteiger charge is 2.44. The molecule has 0 saturated carbocycles. The van der Waals surface area contributed by atoms with E-state index in [9.17, 15) is 30.3 Å². The molecule has 1 aliphatic rings. The summed E-state index contributed by atoms with van der Waals surface area (Å²) in [4.78, 5) is 13.0. The van der Waals surface area contributed by atoms with Crippen LogP contribution in [0.1, 0.15) is 219 Å². The molecular weight excluding hydrogens is 887 g/mol. The molecule has 9 heteroatoms. The van der Waals surface area contributed by atoms with Crippen LogP contribution in [-0.4, -0.2) is 87.5 Å².